The van der Waals surface area contributed by atoms with Gasteiger partial charge in [0, 0.05) is 4.43 Å². The van der Waals surface area contributed by atoms with E-state index in [1.165, 1.54) is 11.1 Å². The van der Waals surface area contributed by atoms with E-state index in [1.807, 2.05) is 0 Å². The molecule has 0 aliphatic heterocycles. The Morgan fingerprint density at radius 1 is 1.17 bits per heavy atom. The van der Waals surface area contributed by atoms with Gasteiger partial charge >= 0.3 is 0 Å². The molecule has 12 heavy (non-hydrogen) atoms. The van der Waals surface area contributed by atoms with Gasteiger partial charge in [-0.2, -0.15) is 0 Å². The van der Waals surface area contributed by atoms with Gasteiger partial charge in [-0.3, -0.25) is 0 Å². The quantitative estimate of drug-likeness (QED) is 0.538. The van der Waals surface area contributed by atoms with Gasteiger partial charge in [0.2, 0.25) is 0 Å². The third-order valence-electron chi connectivity index (χ3n) is 1.97. The summed E-state index contributed by atoms with van der Waals surface area (Å²) < 4.78 is 1.10. The van der Waals surface area contributed by atoms with Gasteiger partial charge in [-0.15, -0.1) is 0 Å². The van der Waals surface area contributed by atoms with Crippen molar-refractivity contribution in [3.8, 4) is 0 Å². The first-order chi connectivity index (χ1) is 5.55. The summed E-state index contributed by atoms with van der Waals surface area (Å²) in [5, 5.41) is 0. The average molecular weight is 274 g/mol. The second-order valence-electron chi connectivity index (χ2n) is 4.04. The van der Waals surface area contributed by atoms with Gasteiger partial charge in [-0.1, -0.05) is 67.6 Å². The zero-order valence-corrected chi connectivity index (χ0v) is 10.1. The molecule has 0 aliphatic rings. The summed E-state index contributed by atoms with van der Waals surface area (Å²) >= 11 is 2.42. The molecule has 0 nitrogen and oxygen atoms in total. The van der Waals surface area contributed by atoms with Crippen LogP contribution in [0.15, 0.2) is 24.3 Å². The number of hydrogen-bond acceptors (Lipinski definition) is 0. The summed E-state index contributed by atoms with van der Waals surface area (Å²) in [6, 6.07) is 8.68. The van der Waals surface area contributed by atoms with Crippen LogP contribution < -0.4 is 0 Å². The summed E-state index contributed by atoms with van der Waals surface area (Å²) in [7, 11) is 0. The van der Waals surface area contributed by atoms with Crippen LogP contribution >= 0.6 is 22.6 Å². The van der Waals surface area contributed by atoms with E-state index in [9.17, 15) is 0 Å². The SMILES string of the molecule is CC(C)(C)c1ccccc1CI. The van der Waals surface area contributed by atoms with E-state index >= 15 is 0 Å². The van der Waals surface area contributed by atoms with Crippen molar-refractivity contribution in [3.05, 3.63) is 35.4 Å². The molecule has 1 rings (SSSR count). The monoisotopic (exact) mass is 274 g/mol. The normalized spacial score (nSPS) is 11.7. The third-order valence-corrected chi connectivity index (χ3v) is 2.79. The van der Waals surface area contributed by atoms with Crippen molar-refractivity contribution in [2.75, 3.05) is 0 Å². The summed E-state index contributed by atoms with van der Waals surface area (Å²) in [6.45, 7) is 6.79. The van der Waals surface area contributed by atoms with Gasteiger partial charge in [0.15, 0.2) is 0 Å². The van der Waals surface area contributed by atoms with Gasteiger partial charge in [0.25, 0.3) is 0 Å². The number of alkyl halides is 1. The molecule has 0 radical (unpaired) electrons. The third kappa shape index (κ3) is 2.22. The van der Waals surface area contributed by atoms with Crippen LogP contribution in [0.25, 0.3) is 0 Å². The van der Waals surface area contributed by atoms with Crippen molar-refractivity contribution in [1.29, 1.82) is 0 Å². The molecule has 66 valence electrons. The van der Waals surface area contributed by atoms with E-state index < -0.39 is 0 Å². The highest BCUT2D eigenvalue weighted by Crippen LogP contribution is 2.26. The summed E-state index contributed by atoms with van der Waals surface area (Å²) in [4.78, 5) is 0. The molecule has 0 bridgehead atoms. The van der Waals surface area contributed by atoms with E-state index in [0.29, 0.717) is 0 Å². The lowest BCUT2D eigenvalue weighted by molar-refractivity contribution is 0.586. The molecule has 0 aromatic heterocycles. The first-order valence-electron chi connectivity index (χ1n) is 4.20. The maximum atomic E-state index is 2.42. The summed E-state index contributed by atoms with van der Waals surface area (Å²) in [5.41, 5.74) is 3.21. The van der Waals surface area contributed by atoms with E-state index in [2.05, 4.69) is 67.6 Å². The minimum atomic E-state index is 0.280. The molecule has 0 unspecified atom stereocenters. The fraction of sp³-hybridized carbons (Fsp3) is 0.455. The first kappa shape index (κ1) is 10.0. The number of halogens is 1. The molecule has 1 aromatic carbocycles. The van der Waals surface area contributed by atoms with Crippen molar-refractivity contribution in [3.63, 3.8) is 0 Å². The van der Waals surface area contributed by atoms with Crippen LogP contribution in [0.5, 0.6) is 0 Å². The molecule has 0 saturated carbocycles. The molecule has 0 aliphatic carbocycles. The molecular formula is C11H15I. The second-order valence-corrected chi connectivity index (χ2v) is 4.80. The Balaban J connectivity index is 3.14. The van der Waals surface area contributed by atoms with Crippen molar-refractivity contribution < 1.29 is 0 Å². The fourth-order valence-electron chi connectivity index (χ4n) is 1.37. The fourth-order valence-corrected chi connectivity index (χ4v) is 2.03. The Labute approximate surface area is 88.5 Å². The Kier molecular flexibility index (Phi) is 3.16. The molecule has 0 amide bonds. The molecular weight excluding hydrogens is 259 g/mol. The number of benzene rings is 1. The summed E-state index contributed by atoms with van der Waals surface area (Å²) in [5.74, 6) is 0. The predicted molar refractivity (Wildman–Crippen MR) is 62.9 cm³/mol. The Hall–Kier alpha value is -0.0500. The van der Waals surface area contributed by atoms with Crippen LogP contribution in [-0.4, -0.2) is 0 Å². The van der Waals surface area contributed by atoms with Gasteiger partial charge in [0.1, 0.15) is 0 Å². The first-order valence-corrected chi connectivity index (χ1v) is 5.72. The lowest BCUT2D eigenvalue weighted by Gasteiger charge is -2.21. The topological polar surface area (TPSA) is 0 Å². The van der Waals surface area contributed by atoms with Crippen LogP contribution in [0.1, 0.15) is 31.9 Å². The van der Waals surface area contributed by atoms with Gasteiger partial charge in [0.05, 0.1) is 0 Å². The van der Waals surface area contributed by atoms with Crippen molar-refractivity contribution in [2.24, 2.45) is 0 Å². The highest BCUT2D eigenvalue weighted by atomic mass is 127. The molecule has 0 fully saturated rings. The molecule has 0 heterocycles. The zero-order chi connectivity index (χ0) is 9.19. The van der Waals surface area contributed by atoms with Gasteiger partial charge in [-0.25, -0.2) is 0 Å². The number of rotatable bonds is 1. The lowest BCUT2D eigenvalue weighted by Crippen LogP contribution is -2.13. The highest BCUT2D eigenvalue weighted by molar-refractivity contribution is 14.1. The van der Waals surface area contributed by atoms with E-state index in [-0.39, 0.29) is 5.41 Å². The van der Waals surface area contributed by atoms with Crippen LogP contribution in [0.2, 0.25) is 0 Å². The van der Waals surface area contributed by atoms with Crippen molar-refractivity contribution >= 4 is 22.6 Å². The average Bonchev–Trinajstić information content (AvgIpc) is 2.03. The molecule has 0 N–H and O–H groups in total. The Morgan fingerprint density at radius 2 is 1.75 bits per heavy atom. The predicted octanol–water partition coefficient (Wildman–Crippen LogP) is 3.92. The maximum absolute atomic E-state index is 2.42. The Morgan fingerprint density at radius 3 is 2.17 bits per heavy atom. The molecule has 0 spiro atoms. The van der Waals surface area contributed by atoms with E-state index in [0.717, 1.165) is 4.43 Å². The van der Waals surface area contributed by atoms with Crippen LogP contribution in [0.4, 0.5) is 0 Å². The van der Waals surface area contributed by atoms with Crippen LogP contribution in [-0.2, 0) is 9.84 Å². The van der Waals surface area contributed by atoms with E-state index in [1.54, 1.807) is 0 Å². The highest BCUT2D eigenvalue weighted by Gasteiger charge is 2.15. The van der Waals surface area contributed by atoms with Gasteiger partial charge < -0.3 is 0 Å². The van der Waals surface area contributed by atoms with Crippen molar-refractivity contribution in [2.45, 2.75) is 30.6 Å². The van der Waals surface area contributed by atoms with E-state index in [4.69, 9.17) is 0 Å². The van der Waals surface area contributed by atoms with Crippen LogP contribution in [0, 0.1) is 0 Å². The maximum Gasteiger partial charge on any atom is 0.0250 e. The second kappa shape index (κ2) is 3.77. The minimum absolute atomic E-state index is 0.280. The largest absolute Gasteiger partial charge is 0.0812 e. The molecule has 1 heteroatoms. The molecule has 0 saturated heterocycles. The smallest absolute Gasteiger partial charge is 0.0250 e. The van der Waals surface area contributed by atoms with Gasteiger partial charge in [-0.05, 0) is 16.5 Å². The number of hydrogen-bond donors (Lipinski definition) is 0. The zero-order valence-electron chi connectivity index (χ0n) is 7.89. The molecule has 0 atom stereocenters. The standard InChI is InChI=1S/C11H15I/c1-11(2,3)10-7-5-4-6-9(10)8-12/h4-7H,8H2,1-3H3. The minimum Gasteiger partial charge on any atom is -0.0812 e. The summed E-state index contributed by atoms with van der Waals surface area (Å²) in [6.07, 6.45) is 0. The molecule has 1 aromatic rings. The lowest BCUT2D eigenvalue weighted by atomic mass is 9.84. The van der Waals surface area contributed by atoms with Crippen LogP contribution in [0.3, 0.4) is 0 Å². The Bertz CT molecular complexity index is 258. The van der Waals surface area contributed by atoms with Crippen molar-refractivity contribution in [1.82, 2.24) is 0 Å².